The molecule has 9 rings (SSSR count). The van der Waals surface area contributed by atoms with Crippen LogP contribution >= 0.6 is 24.4 Å². The zero-order valence-corrected chi connectivity index (χ0v) is 48.0. The minimum absolute atomic E-state index is 0.0594. The van der Waals surface area contributed by atoms with Crippen molar-refractivity contribution in [1.82, 2.24) is 9.13 Å². The van der Waals surface area contributed by atoms with Gasteiger partial charge in [-0.2, -0.15) is 0 Å². The molecule has 0 amide bonds. The Kier molecular flexibility index (Phi) is 19.5. The van der Waals surface area contributed by atoms with E-state index < -0.39 is 0 Å². The second-order valence-electron chi connectivity index (χ2n) is 23.5. The maximum absolute atomic E-state index is 15.2. The summed E-state index contributed by atoms with van der Waals surface area (Å²) in [6.07, 6.45) is 41.0. The lowest BCUT2D eigenvalue weighted by molar-refractivity contribution is 0.352. The van der Waals surface area contributed by atoms with Crippen LogP contribution < -0.4 is 11.1 Å². The van der Waals surface area contributed by atoms with Gasteiger partial charge in [-0.25, -0.2) is 0 Å². The third-order valence-corrected chi connectivity index (χ3v) is 18.8. The highest BCUT2D eigenvalue weighted by molar-refractivity contribution is 7.71. The Morgan fingerprint density at radius 3 is 0.838 bits per heavy atom. The van der Waals surface area contributed by atoms with E-state index in [9.17, 15) is 0 Å². The Hall–Kier alpha value is -4.00. The molecule has 2 unspecified atom stereocenters. The summed E-state index contributed by atoms with van der Waals surface area (Å²) in [7, 11) is 0. The van der Waals surface area contributed by atoms with Crippen molar-refractivity contribution in [2.75, 3.05) is 0 Å². The summed E-state index contributed by atoms with van der Waals surface area (Å²) in [4.78, 5) is 30.4. The molecule has 6 heteroatoms. The predicted molar refractivity (Wildman–Crippen MR) is 330 cm³/mol. The van der Waals surface area contributed by atoms with Crippen molar-refractivity contribution < 1.29 is 0 Å². The van der Waals surface area contributed by atoms with Gasteiger partial charge >= 0.3 is 0 Å². The second kappa shape index (κ2) is 26.4. The molecule has 7 aromatic carbocycles. The first-order chi connectivity index (χ1) is 36.3. The Labute approximate surface area is 453 Å². The van der Waals surface area contributed by atoms with Gasteiger partial charge in [-0.3, -0.25) is 18.7 Å². The zero-order chi connectivity index (χ0) is 51.6. The molecule has 0 bridgehead atoms. The quantitative estimate of drug-likeness (QED) is 0.0170. The Bertz CT molecular complexity index is 3020. The van der Waals surface area contributed by atoms with E-state index in [0.29, 0.717) is 34.2 Å². The zero-order valence-electron chi connectivity index (χ0n) is 46.3. The average Bonchev–Trinajstić information content (AvgIpc) is 3.41. The highest BCUT2D eigenvalue weighted by Gasteiger charge is 2.28. The maximum Gasteiger partial charge on any atom is 0.259 e. The van der Waals surface area contributed by atoms with Crippen LogP contribution in [0.5, 0.6) is 0 Å². The first kappa shape index (κ1) is 54.8. The van der Waals surface area contributed by atoms with Gasteiger partial charge < -0.3 is 0 Å². The highest BCUT2D eigenvalue weighted by atomic mass is 32.1. The van der Waals surface area contributed by atoms with E-state index in [1.807, 2.05) is 9.13 Å². The molecule has 2 aromatic heterocycles. The molecule has 0 aliphatic rings. The van der Waals surface area contributed by atoms with Gasteiger partial charge in [-0.1, -0.05) is 256 Å². The number of pyridine rings is 2. The highest BCUT2D eigenvalue weighted by Crippen LogP contribution is 2.52. The van der Waals surface area contributed by atoms with Crippen LogP contribution in [0.1, 0.15) is 233 Å². The molecular weight excluding hydrogens is 941 g/mol. The summed E-state index contributed by atoms with van der Waals surface area (Å²) in [6, 6.07) is 17.9. The topological polar surface area (TPSA) is 44.0 Å². The molecule has 4 nitrogen and oxygen atoms in total. The van der Waals surface area contributed by atoms with Crippen molar-refractivity contribution in [3.05, 3.63) is 78.5 Å². The first-order valence-corrected chi connectivity index (χ1v) is 31.6. The van der Waals surface area contributed by atoms with Crippen LogP contribution in [0.2, 0.25) is 0 Å². The minimum Gasteiger partial charge on any atom is -0.298 e. The number of hydrogen-bond donors (Lipinski definition) is 0. The van der Waals surface area contributed by atoms with E-state index >= 15 is 9.59 Å². The van der Waals surface area contributed by atoms with Gasteiger partial charge in [-0.15, -0.1) is 0 Å². The standard InChI is InChI=1S/C68H90N2O2S2/c1-5-9-13-17-21-23-27-31-35-47(33-29-25-19-15-11-7-3)45-69-65(71)53-41-49-37-38-50-42-54-62-56(44-52-40-39-51-43-55(67(69)73)61(53)63-57(49)58(50)64(62)60(52)59(51)63)68(74)70(66(54)72)46-48(34-30-26-20-16-12-8-4)36-32-28-24-22-18-14-10-6-2/h37-44,47-48H,5-36,45-46H2,1-4H3. The summed E-state index contributed by atoms with van der Waals surface area (Å²) in [5, 5.41) is 17.1. The van der Waals surface area contributed by atoms with Crippen LogP contribution in [0.25, 0.3) is 86.2 Å². The molecule has 0 N–H and O–H groups in total. The summed E-state index contributed by atoms with van der Waals surface area (Å²) >= 11 is 13.0. The molecule has 74 heavy (non-hydrogen) atoms. The van der Waals surface area contributed by atoms with Crippen molar-refractivity contribution in [1.29, 1.82) is 0 Å². The van der Waals surface area contributed by atoms with Crippen LogP contribution in [-0.4, -0.2) is 9.13 Å². The lowest BCUT2D eigenvalue weighted by Gasteiger charge is -2.25. The maximum atomic E-state index is 15.2. The Balaban J connectivity index is 1.09. The number of rotatable bonds is 36. The average molecular weight is 1030 g/mol. The first-order valence-electron chi connectivity index (χ1n) is 30.8. The predicted octanol–water partition coefficient (Wildman–Crippen LogP) is 21.7. The van der Waals surface area contributed by atoms with Crippen LogP contribution in [0, 0.1) is 21.1 Å². The lowest BCUT2D eigenvalue weighted by atomic mass is 9.80. The fraction of sp³-hybridized carbons (Fsp3) is 0.588. The Morgan fingerprint density at radius 2 is 0.568 bits per heavy atom. The van der Waals surface area contributed by atoms with Crippen molar-refractivity contribution in [3.63, 3.8) is 0 Å². The fourth-order valence-electron chi connectivity index (χ4n) is 13.8. The molecule has 0 spiro atoms. The molecule has 9 aromatic rings. The normalized spacial score (nSPS) is 13.5. The number of benzene rings is 7. The number of hydrogen-bond acceptors (Lipinski definition) is 4. The van der Waals surface area contributed by atoms with Gasteiger partial charge in [0.05, 0.1) is 0 Å². The van der Waals surface area contributed by atoms with Crippen LogP contribution in [0.15, 0.2) is 58.1 Å². The van der Waals surface area contributed by atoms with Gasteiger partial charge in [-0.05, 0) is 105 Å². The SMILES string of the molecule is CCCCCCCCCCC(CCCCCCCC)Cn1c(=O)c2cc3ccc4cc5c(=O)n(CC(CCCCCCCC)CCCCCCCCCC)c(=S)c6cc7ccc8cc(c1=S)c2c1c3c4c(c56)c7c81. The summed E-state index contributed by atoms with van der Waals surface area (Å²) in [5.41, 5.74) is 0.119. The van der Waals surface area contributed by atoms with Crippen molar-refractivity contribution in [2.45, 2.75) is 246 Å². The molecule has 396 valence electrons. The molecule has 2 atom stereocenters. The number of unbranched alkanes of at least 4 members (excludes halogenated alkanes) is 24. The molecule has 0 saturated heterocycles. The summed E-state index contributed by atoms with van der Waals surface area (Å²) < 4.78 is 5.38. The van der Waals surface area contributed by atoms with Crippen LogP contribution in [0.4, 0.5) is 0 Å². The molecule has 0 saturated carbocycles. The number of nitrogens with zero attached hydrogens (tertiary/aromatic N) is 2. The lowest BCUT2D eigenvalue weighted by Crippen LogP contribution is -2.26. The van der Waals surface area contributed by atoms with Gasteiger partial charge in [0.15, 0.2) is 0 Å². The second-order valence-corrected chi connectivity index (χ2v) is 24.3. The van der Waals surface area contributed by atoms with Crippen molar-refractivity contribution in [3.8, 4) is 0 Å². The van der Waals surface area contributed by atoms with E-state index in [-0.39, 0.29) is 11.1 Å². The fourth-order valence-corrected chi connectivity index (χ4v) is 14.5. The summed E-state index contributed by atoms with van der Waals surface area (Å²) in [6.45, 7) is 10.5. The largest absolute Gasteiger partial charge is 0.298 e. The third kappa shape index (κ3) is 11.6. The van der Waals surface area contributed by atoms with Gasteiger partial charge in [0.25, 0.3) is 11.1 Å². The monoisotopic (exact) mass is 1030 g/mol. The van der Waals surface area contributed by atoms with E-state index in [1.54, 1.807) is 0 Å². The molecule has 2 heterocycles. The summed E-state index contributed by atoms with van der Waals surface area (Å²) in [5.74, 6) is 0.855. The van der Waals surface area contributed by atoms with E-state index in [4.69, 9.17) is 24.4 Å². The van der Waals surface area contributed by atoms with Gasteiger partial charge in [0.1, 0.15) is 9.28 Å². The Morgan fingerprint density at radius 1 is 0.324 bits per heavy atom. The van der Waals surface area contributed by atoms with Crippen molar-refractivity contribution in [2.24, 2.45) is 11.8 Å². The minimum atomic E-state index is 0.0594. The van der Waals surface area contributed by atoms with Crippen LogP contribution in [0.3, 0.4) is 0 Å². The van der Waals surface area contributed by atoms with Crippen LogP contribution in [-0.2, 0) is 13.1 Å². The van der Waals surface area contributed by atoms with E-state index in [2.05, 4.69) is 76.2 Å². The smallest absolute Gasteiger partial charge is 0.259 e. The molecular formula is C68H90N2O2S2. The van der Waals surface area contributed by atoms with E-state index in [1.165, 1.54) is 201 Å². The van der Waals surface area contributed by atoms with Gasteiger partial charge in [0, 0.05) is 56.2 Å². The third-order valence-electron chi connectivity index (χ3n) is 18.0. The molecule has 0 aliphatic carbocycles. The van der Waals surface area contributed by atoms with Crippen molar-refractivity contribution >= 4 is 111 Å². The molecule has 0 fully saturated rings. The molecule has 0 aliphatic heterocycles. The molecule has 0 radical (unpaired) electrons. The number of aromatic nitrogens is 2. The van der Waals surface area contributed by atoms with E-state index in [0.717, 1.165) is 90.3 Å². The van der Waals surface area contributed by atoms with Gasteiger partial charge in [0.2, 0.25) is 0 Å².